The SMILES string of the molecule is CCNCc1cnn(-c2cc(F)c(F)cc2F)c1C. The van der Waals surface area contributed by atoms with Crippen LogP contribution in [0.15, 0.2) is 18.3 Å². The Kier molecular flexibility index (Phi) is 3.90. The van der Waals surface area contributed by atoms with Crippen molar-refractivity contribution in [2.75, 3.05) is 6.54 Å². The molecule has 1 heterocycles. The molecular weight excluding hydrogens is 255 g/mol. The molecule has 3 nitrogen and oxygen atoms in total. The molecule has 2 rings (SSSR count). The molecule has 2 aromatic rings. The van der Waals surface area contributed by atoms with Gasteiger partial charge in [-0.25, -0.2) is 17.9 Å². The number of nitrogens with zero attached hydrogens (tertiary/aromatic N) is 2. The highest BCUT2D eigenvalue weighted by atomic mass is 19.2. The first-order valence-corrected chi connectivity index (χ1v) is 5.93. The van der Waals surface area contributed by atoms with Gasteiger partial charge in [0.15, 0.2) is 17.5 Å². The van der Waals surface area contributed by atoms with Crippen LogP contribution in [-0.2, 0) is 6.54 Å². The molecule has 0 aliphatic carbocycles. The van der Waals surface area contributed by atoms with Crippen molar-refractivity contribution in [1.82, 2.24) is 15.1 Å². The molecule has 6 heteroatoms. The van der Waals surface area contributed by atoms with Crippen molar-refractivity contribution in [3.63, 3.8) is 0 Å². The molecule has 0 unspecified atom stereocenters. The molecule has 1 aromatic carbocycles. The molecule has 0 saturated carbocycles. The third-order valence-corrected chi connectivity index (χ3v) is 2.89. The topological polar surface area (TPSA) is 29.9 Å². The van der Waals surface area contributed by atoms with Gasteiger partial charge in [0.05, 0.1) is 6.20 Å². The molecule has 0 aliphatic rings. The summed E-state index contributed by atoms with van der Waals surface area (Å²) in [5.41, 5.74) is 1.47. The summed E-state index contributed by atoms with van der Waals surface area (Å²) in [7, 11) is 0. The Morgan fingerprint density at radius 1 is 1.16 bits per heavy atom. The van der Waals surface area contributed by atoms with Gasteiger partial charge < -0.3 is 5.32 Å². The normalized spacial score (nSPS) is 11.0. The molecular formula is C13H14F3N3. The van der Waals surface area contributed by atoms with Crippen molar-refractivity contribution in [3.05, 3.63) is 47.0 Å². The van der Waals surface area contributed by atoms with Crippen molar-refractivity contribution >= 4 is 0 Å². The van der Waals surface area contributed by atoms with Gasteiger partial charge in [0.2, 0.25) is 0 Å². The molecule has 0 fully saturated rings. The number of halogens is 3. The largest absolute Gasteiger partial charge is 0.313 e. The van der Waals surface area contributed by atoms with E-state index in [0.29, 0.717) is 18.3 Å². The Morgan fingerprint density at radius 2 is 1.84 bits per heavy atom. The highest BCUT2D eigenvalue weighted by Gasteiger charge is 2.15. The maximum atomic E-state index is 13.7. The zero-order chi connectivity index (χ0) is 14.0. The van der Waals surface area contributed by atoms with Gasteiger partial charge in [-0.05, 0) is 13.5 Å². The van der Waals surface area contributed by atoms with E-state index < -0.39 is 17.5 Å². The third kappa shape index (κ3) is 2.63. The fourth-order valence-electron chi connectivity index (χ4n) is 1.79. The van der Waals surface area contributed by atoms with Gasteiger partial charge in [0.25, 0.3) is 0 Å². The second kappa shape index (κ2) is 5.44. The summed E-state index contributed by atoms with van der Waals surface area (Å²) in [5, 5.41) is 7.14. The Morgan fingerprint density at radius 3 is 2.53 bits per heavy atom. The van der Waals surface area contributed by atoms with Crippen LogP contribution in [-0.4, -0.2) is 16.3 Å². The minimum Gasteiger partial charge on any atom is -0.313 e. The average Bonchev–Trinajstić information content (AvgIpc) is 2.73. The van der Waals surface area contributed by atoms with Crippen LogP contribution in [0.5, 0.6) is 0 Å². The number of nitrogens with one attached hydrogen (secondary N) is 1. The number of hydrogen-bond donors (Lipinski definition) is 1. The first kappa shape index (κ1) is 13.6. The van der Waals surface area contributed by atoms with Crippen molar-refractivity contribution in [2.24, 2.45) is 0 Å². The zero-order valence-electron chi connectivity index (χ0n) is 10.7. The Hall–Kier alpha value is -1.82. The van der Waals surface area contributed by atoms with Crippen LogP contribution >= 0.6 is 0 Å². The zero-order valence-corrected chi connectivity index (χ0v) is 10.7. The van der Waals surface area contributed by atoms with Crippen LogP contribution in [0.1, 0.15) is 18.2 Å². The quantitative estimate of drug-likeness (QED) is 0.865. The van der Waals surface area contributed by atoms with E-state index in [1.165, 1.54) is 4.68 Å². The van der Waals surface area contributed by atoms with E-state index in [0.717, 1.165) is 18.2 Å². The van der Waals surface area contributed by atoms with Crippen LogP contribution in [0, 0.1) is 24.4 Å². The van der Waals surface area contributed by atoms with E-state index in [4.69, 9.17) is 0 Å². The summed E-state index contributed by atoms with van der Waals surface area (Å²) in [6.07, 6.45) is 1.58. The van der Waals surface area contributed by atoms with E-state index in [2.05, 4.69) is 10.4 Å². The molecule has 19 heavy (non-hydrogen) atoms. The van der Waals surface area contributed by atoms with Crippen LogP contribution in [0.3, 0.4) is 0 Å². The molecule has 0 radical (unpaired) electrons. The lowest BCUT2D eigenvalue weighted by Crippen LogP contribution is -2.12. The van der Waals surface area contributed by atoms with E-state index in [1.54, 1.807) is 13.1 Å². The molecule has 1 N–H and O–H groups in total. The van der Waals surface area contributed by atoms with Gasteiger partial charge in [-0.3, -0.25) is 0 Å². The number of hydrogen-bond acceptors (Lipinski definition) is 2. The Bertz CT molecular complexity index is 593. The van der Waals surface area contributed by atoms with Crippen molar-refractivity contribution in [3.8, 4) is 5.69 Å². The minimum atomic E-state index is -1.21. The van der Waals surface area contributed by atoms with E-state index in [9.17, 15) is 13.2 Å². The summed E-state index contributed by atoms with van der Waals surface area (Å²) in [5.74, 6) is -3.15. The number of aromatic nitrogens is 2. The lowest BCUT2D eigenvalue weighted by atomic mass is 10.2. The molecule has 0 amide bonds. The van der Waals surface area contributed by atoms with Gasteiger partial charge in [-0.2, -0.15) is 5.10 Å². The minimum absolute atomic E-state index is 0.0980. The van der Waals surface area contributed by atoms with Crippen LogP contribution < -0.4 is 5.32 Å². The van der Waals surface area contributed by atoms with Crippen LogP contribution in [0.25, 0.3) is 5.69 Å². The second-order valence-corrected chi connectivity index (χ2v) is 4.17. The predicted octanol–water partition coefficient (Wildman–Crippen LogP) is 2.71. The van der Waals surface area contributed by atoms with E-state index in [-0.39, 0.29) is 5.69 Å². The van der Waals surface area contributed by atoms with Gasteiger partial charge in [-0.1, -0.05) is 6.92 Å². The summed E-state index contributed by atoms with van der Waals surface area (Å²) in [6, 6.07) is 1.33. The van der Waals surface area contributed by atoms with Crippen LogP contribution in [0.4, 0.5) is 13.2 Å². The molecule has 0 spiro atoms. The molecule has 1 aromatic heterocycles. The number of rotatable bonds is 4. The maximum Gasteiger partial charge on any atom is 0.161 e. The van der Waals surface area contributed by atoms with Crippen LogP contribution in [0.2, 0.25) is 0 Å². The summed E-state index contributed by atoms with van der Waals surface area (Å²) in [4.78, 5) is 0. The first-order valence-electron chi connectivity index (χ1n) is 5.93. The van der Waals surface area contributed by atoms with Gasteiger partial charge >= 0.3 is 0 Å². The maximum absolute atomic E-state index is 13.7. The van der Waals surface area contributed by atoms with Gasteiger partial charge in [-0.15, -0.1) is 0 Å². The first-order chi connectivity index (χ1) is 9.04. The smallest absolute Gasteiger partial charge is 0.161 e. The lowest BCUT2D eigenvalue weighted by Gasteiger charge is -2.08. The summed E-state index contributed by atoms with van der Waals surface area (Å²) >= 11 is 0. The molecule has 0 bridgehead atoms. The van der Waals surface area contributed by atoms with Crippen molar-refractivity contribution < 1.29 is 13.2 Å². The number of benzene rings is 1. The van der Waals surface area contributed by atoms with Gasteiger partial charge in [0, 0.05) is 29.9 Å². The fourth-order valence-corrected chi connectivity index (χ4v) is 1.79. The Labute approximate surface area is 109 Å². The monoisotopic (exact) mass is 269 g/mol. The second-order valence-electron chi connectivity index (χ2n) is 4.17. The predicted molar refractivity (Wildman–Crippen MR) is 65.6 cm³/mol. The molecule has 0 saturated heterocycles. The summed E-state index contributed by atoms with van der Waals surface area (Å²) in [6.45, 7) is 5.10. The highest BCUT2D eigenvalue weighted by molar-refractivity contribution is 5.37. The third-order valence-electron chi connectivity index (χ3n) is 2.89. The van der Waals surface area contributed by atoms with Crippen molar-refractivity contribution in [1.29, 1.82) is 0 Å². The fraction of sp³-hybridized carbons (Fsp3) is 0.308. The van der Waals surface area contributed by atoms with Crippen molar-refractivity contribution in [2.45, 2.75) is 20.4 Å². The average molecular weight is 269 g/mol. The Balaban J connectivity index is 2.42. The molecule has 0 aliphatic heterocycles. The standard InChI is InChI=1S/C13H14F3N3/c1-3-17-6-9-7-18-19(8(9)2)13-5-11(15)10(14)4-12(13)16/h4-5,7,17H,3,6H2,1-2H3. The van der Waals surface area contributed by atoms with E-state index in [1.807, 2.05) is 6.92 Å². The lowest BCUT2D eigenvalue weighted by molar-refractivity contribution is 0.491. The van der Waals surface area contributed by atoms with E-state index >= 15 is 0 Å². The summed E-state index contributed by atoms with van der Waals surface area (Å²) < 4.78 is 41.0. The van der Waals surface area contributed by atoms with Gasteiger partial charge in [0.1, 0.15) is 5.69 Å². The molecule has 0 atom stereocenters. The molecule has 102 valence electrons. The highest BCUT2D eigenvalue weighted by Crippen LogP contribution is 2.20.